The quantitative estimate of drug-likeness (QED) is 0.278. The van der Waals surface area contributed by atoms with E-state index in [9.17, 15) is 0 Å². The molecule has 0 bridgehead atoms. The van der Waals surface area contributed by atoms with Crippen molar-refractivity contribution in [1.29, 1.82) is 0 Å². The van der Waals surface area contributed by atoms with Crippen molar-refractivity contribution in [2.45, 2.75) is 21.3 Å². The van der Waals surface area contributed by atoms with Crippen molar-refractivity contribution in [2.75, 3.05) is 0 Å². The summed E-state index contributed by atoms with van der Waals surface area (Å²) in [5, 5.41) is 5.41. The first kappa shape index (κ1) is 16.8. The summed E-state index contributed by atoms with van der Waals surface area (Å²) in [6, 6.07) is 8.58. The van der Waals surface area contributed by atoms with Gasteiger partial charge in [0, 0.05) is 32.1 Å². The molecule has 0 spiro atoms. The Kier molecular flexibility index (Phi) is 5.53. The molecule has 3 rings (SSSR count). The zero-order valence-corrected chi connectivity index (χ0v) is 17.9. The van der Waals surface area contributed by atoms with Gasteiger partial charge < -0.3 is 0 Å². The second kappa shape index (κ2) is 7.24. The third-order valence-electron chi connectivity index (χ3n) is 3.60. The fourth-order valence-corrected chi connectivity index (χ4v) is 4.09. The minimum Gasteiger partial charge on any atom is -0.250 e. The van der Waals surface area contributed by atoms with Crippen LogP contribution in [0.15, 0.2) is 24.3 Å². The molecule has 114 valence electrons. The lowest BCUT2D eigenvalue weighted by molar-refractivity contribution is 1.19. The molecule has 1 aromatic carbocycles. The Labute approximate surface area is 162 Å². The molecule has 2 heterocycles. The standard InChI is InChI=1S/C16H12Br4N2/c17-5-9-3-11(7-19)21-15-13(9)1-2-14-10(6-18)4-12(8-20)22-16(14)15/h1-4H,5-8H2. The van der Waals surface area contributed by atoms with Gasteiger partial charge in [0.2, 0.25) is 0 Å². The zero-order valence-electron chi connectivity index (χ0n) is 11.5. The number of hydrogen-bond donors (Lipinski definition) is 0. The van der Waals surface area contributed by atoms with Crippen LogP contribution in [0.3, 0.4) is 0 Å². The molecule has 2 aromatic heterocycles. The Hall–Kier alpha value is -0.0400. The fourth-order valence-electron chi connectivity index (χ4n) is 2.59. The van der Waals surface area contributed by atoms with E-state index >= 15 is 0 Å². The Morgan fingerprint density at radius 2 is 1.05 bits per heavy atom. The van der Waals surface area contributed by atoms with Crippen molar-refractivity contribution in [3.05, 3.63) is 46.8 Å². The maximum atomic E-state index is 4.82. The summed E-state index contributed by atoms with van der Waals surface area (Å²) in [6.07, 6.45) is 0. The van der Waals surface area contributed by atoms with Crippen molar-refractivity contribution in [3.8, 4) is 0 Å². The average molecular weight is 552 g/mol. The molecular formula is C16H12Br4N2. The molecule has 0 aliphatic carbocycles. The number of hydrogen-bond acceptors (Lipinski definition) is 2. The molecule has 0 fully saturated rings. The van der Waals surface area contributed by atoms with Crippen LogP contribution in [0.4, 0.5) is 0 Å². The van der Waals surface area contributed by atoms with Gasteiger partial charge in [0.1, 0.15) is 0 Å². The monoisotopic (exact) mass is 548 g/mol. The van der Waals surface area contributed by atoms with Crippen molar-refractivity contribution >= 4 is 85.5 Å². The summed E-state index contributed by atoms with van der Waals surface area (Å²) in [5.41, 5.74) is 6.50. The minimum atomic E-state index is 0.739. The third-order valence-corrected chi connectivity index (χ3v) is 5.95. The van der Waals surface area contributed by atoms with Gasteiger partial charge in [-0.1, -0.05) is 75.9 Å². The zero-order chi connectivity index (χ0) is 15.7. The highest BCUT2D eigenvalue weighted by Gasteiger charge is 2.12. The Morgan fingerprint density at radius 1 is 0.636 bits per heavy atom. The van der Waals surface area contributed by atoms with Crippen molar-refractivity contribution in [2.24, 2.45) is 0 Å². The molecule has 0 aliphatic rings. The van der Waals surface area contributed by atoms with Gasteiger partial charge in [0.05, 0.1) is 22.4 Å². The summed E-state index contributed by atoms with van der Waals surface area (Å²) in [5.74, 6) is 0. The predicted molar refractivity (Wildman–Crippen MR) is 108 cm³/mol. The first-order valence-corrected chi connectivity index (χ1v) is 11.2. The smallest absolute Gasteiger partial charge is 0.0971 e. The third kappa shape index (κ3) is 2.99. The highest BCUT2D eigenvalue weighted by molar-refractivity contribution is 9.09. The van der Waals surface area contributed by atoms with Crippen molar-refractivity contribution in [1.82, 2.24) is 9.97 Å². The number of rotatable bonds is 4. The maximum Gasteiger partial charge on any atom is 0.0971 e. The van der Waals surface area contributed by atoms with Gasteiger partial charge in [-0.3, -0.25) is 0 Å². The summed E-state index contributed by atoms with van der Waals surface area (Å²) < 4.78 is 0. The molecule has 0 radical (unpaired) electrons. The molecule has 0 unspecified atom stereocenters. The molecule has 0 N–H and O–H groups in total. The first-order chi connectivity index (χ1) is 10.7. The Balaban J connectivity index is 2.47. The molecule has 0 aliphatic heterocycles. The van der Waals surface area contributed by atoms with Gasteiger partial charge in [-0.2, -0.15) is 0 Å². The lowest BCUT2D eigenvalue weighted by atomic mass is 10.0. The lowest BCUT2D eigenvalue weighted by Gasteiger charge is -2.11. The van der Waals surface area contributed by atoms with Crippen molar-refractivity contribution < 1.29 is 0 Å². The molecule has 22 heavy (non-hydrogen) atoms. The normalized spacial score (nSPS) is 11.5. The van der Waals surface area contributed by atoms with E-state index in [1.54, 1.807) is 0 Å². The van der Waals surface area contributed by atoms with Crippen LogP contribution in [0, 0.1) is 0 Å². The van der Waals surface area contributed by atoms with Gasteiger partial charge in [-0.25, -0.2) is 9.97 Å². The van der Waals surface area contributed by atoms with Crippen LogP contribution in [0.1, 0.15) is 22.5 Å². The SMILES string of the molecule is BrCc1cc(CBr)c2ccc3c(CBr)cc(CBr)nc3c2n1. The Bertz CT molecular complexity index is 778. The Morgan fingerprint density at radius 3 is 1.36 bits per heavy atom. The molecular weight excluding hydrogens is 540 g/mol. The topological polar surface area (TPSA) is 25.8 Å². The number of fused-ring (bicyclic) bond motifs is 3. The van der Waals surface area contributed by atoms with Crippen LogP contribution in [-0.2, 0) is 21.3 Å². The van der Waals surface area contributed by atoms with E-state index < -0.39 is 0 Å². The van der Waals surface area contributed by atoms with Crippen LogP contribution in [0.5, 0.6) is 0 Å². The molecule has 0 saturated heterocycles. The summed E-state index contributed by atoms with van der Waals surface area (Å²) in [7, 11) is 0. The predicted octanol–water partition coefficient (Wildman–Crippen LogP) is 6.36. The minimum absolute atomic E-state index is 0.739. The van der Waals surface area contributed by atoms with E-state index in [2.05, 4.69) is 88.0 Å². The summed E-state index contributed by atoms with van der Waals surface area (Å²) >= 11 is 14.2. The summed E-state index contributed by atoms with van der Waals surface area (Å²) in [6.45, 7) is 0. The average Bonchev–Trinajstić information content (AvgIpc) is 2.59. The molecule has 3 aromatic rings. The van der Waals surface area contributed by atoms with E-state index in [4.69, 9.17) is 9.97 Å². The van der Waals surface area contributed by atoms with Gasteiger partial charge in [-0.15, -0.1) is 0 Å². The van der Waals surface area contributed by atoms with E-state index in [-0.39, 0.29) is 0 Å². The van der Waals surface area contributed by atoms with Gasteiger partial charge in [0.15, 0.2) is 0 Å². The lowest BCUT2D eigenvalue weighted by Crippen LogP contribution is -1.97. The van der Waals surface area contributed by atoms with Crippen LogP contribution < -0.4 is 0 Å². The fraction of sp³-hybridized carbons (Fsp3) is 0.250. The molecule has 0 atom stereocenters. The van der Waals surface area contributed by atoms with Gasteiger partial charge in [-0.05, 0) is 23.3 Å². The molecule has 0 amide bonds. The number of aromatic nitrogens is 2. The van der Waals surface area contributed by atoms with Crippen LogP contribution >= 0.6 is 63.7 Å². The largest absolute Gasteiger partial charge is 0.250 e. The molecule has 2 nitrogen and oxygen atoms in total. The van der Waals surface area contributed by atoms with Gasteiger partial charge >= 0.3 is 0 Å². The first-order valence-electron chi connectivity index (χ1n) is 6.69. The van der Waals surface area contributed by atoms with Crippen LogP contribution in [-0.4, -0.2) is 9.97 Å². The maximum absolute atomic E-state index is 4.82. The van der Waals surface area contributed by atoms with E-state index in [0.29, 0.717) is 0 Å². The van der Waals surface area contributed by atoms with E-state index in [1.165, 1.54) is 11.1 Å². The highest BCUT2D eigenvalue weighted by atomic mass is 79.9. The number of pyridine rings is 2. The number of alkyl halides is 4. The van der Waals surface area contributed by atoms with E-state index in [0.717, 1.165) is 54.5 Å². The van der Waals surface area contributed by atoms with E-state index in [1.807, 2.05) is 0 Å². The highest BCUT2D eigenvalue weighted by Crippen LogP contribution is 2.30. The molecule has 0 saturated carbocycles. The molecule has 6 heteroatoms. The summed E-state index contributed by atoms with van der Waals surface area (Å²) in [4.78, 5) is 9.64. The van der Waals surface area contributed by atoms with Crippen molar-refractivity contribution in [3.63, 3.8) is 0 Å². The van der Waals surface area contributed by atoms with Crippen LogP contribution in [0.2, 0.25) is 0 Å². The second-order valence-electron chi connectivity index (χ2n) is 4.94. The second-order valence-corrected chi connectivity index (χ2v) is 7.18. The number of halogens is 4. The number of benzene rings is 1. The van der Waals surface area contributed by atoms with Crippen LogP contribution in [0.25, 0.3) is 21.8 Å². The number of nitrogens with zero attached hydrogens (tertiary/aromatic N) is 2. The van der Waals surface area contributed by atoms with Gasteiger partial charge in [0.25, 0.3) is 0 Å².